The molecule has 0 spiro atoms. The third kappa shape index (κ3) is 6.94. The Labute approximate surface area is 288 Å². The summed E-state index contributed by atoms with van der Waals surface area (Å²) in [6, 6.07) is 11.8. The highest BCUT2D eigenvalue weighted by Crippen LogP contribution is 2.45. The number of carbonyl (C=O) groups excluding carboxylic acids is 2. The van der Waals surface area contributed by atoms with E-state index >= 15 is 0 Å². The van der Waals surface area contributed by atoms with E-state index in [1.807, 2.05) is 69.0 Å². The van der Waals surface area contributed by atoms with E-state index in [-0.39, 0.29) is 35.1 Å². The zero-order chi connectivity index (χ0) is 35.1. The molecule has 1 aliphatic heterocycles. The number of guanidine groups is 1. The third-order valence-corrected chi connectivity index (χ3v) is 8.97. The molecule has 0 unspecified atom stereocenters. The average molecular weight is 693 g/mol. The first-order valence-corrected chi connectivity index (χ1v) is 16.7. The van der Waals surface area contributed by atoms with E-state index in [0.717, 1.165) is 35.0 Å². The molecule has 2 aromatic carbocycles. The number of benzene rings is 2. The van der Waals surface area contributed by atoms with Gasteiger partial charge in [-0.1, -0.05) is 69.6 Å². The third-order valence-electron chi connectivity index (χ3n) is 8.65. The summed E-state index contributed by atoms with van der Waals surface area (Å²) in [6.07, 6.45) is 5.27. The van der Waals surface area contributed by atoms with E-state index in [2.05, 4.69) is 15.2 Å². The molecule has 4 aromatic rings. The molecule has 3 heterocycles. The van der Waals surface area contributed by atoms with Gasteiger partial charge in [-0.3, -0.25) is 19.2 Å². The van der Waals surface area contributed by atoms with Crippen LogP contribution in [0.1, 0.15) is 95.3 Å². The summed E-state index contributed by atoms with van der Waals surface area (Å²) in [6.45, 7) is 7.64. The standard InChI is InChI=1S/C35H39ClF2N8O3/c1-5-6-29(47)49-18-28(22-9-14-26(36)27(15-22)46-31(30(37)38)40-20-42-46)45-32(48)35(43-33(45)39,19-34(2,3)4)24-10-7-21(8-11-24)23-16-41-44(17-23)25-12-13-25/h7-11,14-17,20,25,28,30H,5-6,12-13,18-19H2,1-4H3,(H2,39,43)/t28-,35-/m1/s1. The van der Waals surface area contributed by atoms with Crippen molar-refractivity contribution in [3.63, 3.8) is 0 Å². The van der Waals surface area contributed by atoms with Crippen LogP contribution in [0.15, 0.2) is 66.2 Å². The number of hydrogen-bond donors (Lipinski definition) is 1. The molecule has 0 radical (unpaired) electrons. The van der Waals surface area contributed by atoms with Gasteiger partial charge >= 0.3 is 5.97 Å². The van der Waals surface area contributed by atoms with Crippen molar-refractivity contribution in [3.8, 4) is 16.8 Å². The quantitative estimate of drug-likeness (QED) is 0.159. The molecule has 2 aromatic heterocycles. The predicted molar refractivity (Wildman–Crippen MR) is 180 cm³/mol. The van der Waals surface area contributed by atoms with E-state index in [4.69, 9.17) is 27.1 Å². The molecular weight excluding hydrogens is 654 g/mol. The molecule has 2 N–H and O–H groups in total. The van der Waals surface area contributed by atoms with Gasteiger partial charge in [-0.15, -0.1) is 0 Å². The summed E-state index contributed by atoms with van der Waals surface area (Å²) >= 11 is 6.48. The molecule has 258 valence electrons. The van der Waals surface area contributed by atoms with Crippen LogP contribution in [0.5, 0.6) is 0 Å². The fourth-order valence-electron chi connectivity index (χ4n) is 6.29. The lowest BCUT2D eigenvalue weighted by Crippen LogP contribution is -2.47. The number of nitrogens with zero attached hydrogens (tertiary/aromatic N) is 7. The van der Waals surface area contributed by atoms with Crippen LogP contribution in [-0.4, -0.2) is 53.9 Å². The van der Waals surface area contributed by atoms with Gasteiger partial charge in [-0.25, -0.2) is 23.4 Å². The van der Waals surface area contributed by atoms with Crippen molar-refractivity contribution >= 4 is 29.4 Å². The van der Waals surface area contributed by atoms with Crippen molar-refractivity contribution in [1.82, 2.24) is 29.4 Å². The Kier molecular flexibility index (Phi) is 9.31. The number of carbonyl (C=O) groups is 2. The molecule has 49 heavy (non-hydrogen) atoms. The maximum atomic E-state index is 14.9. The zero-order valence-corrected chi connectivity index (χ0v) is 28.6. The van der Waals surface area contributed by atoms with Crippen LogP contribution in [0, 0.1) is 5.41 Å². The number of halogens is 3. The first kappa shape index (κ1) is 34.2. The molecule has 14 heteroatoms. The number of alkyl halides is 2. The summed E-state index contributed by atoms with van der Waals surface area (Å²) in [4.78, 5) is 37.4. The summed E-state index contributed by atoms with van der Waals surface area (Å²) in [5.74, 6) is -1.53. The summed E-state index contributed by atoms with van der Waals surface area (Å²) in [5.41, 5.74) is 7.98. The van der Waals surface area contributed by atoms with Crippen molar-refractivity contribution in [3.05, 3.63) is 83.2 Å². The van der Waals surface area contributed by atoms with Gasteiger partial charge in [0, 0.05) is 18.2 Å². The largest absolute Gasteiger partial charge is 0.463 e. The van der Waals surface area contributed by atoms with E-state index in [9.17, 15) is 18.4 Å². The minimum Gasteiger partial charge on any atom is -0.463 e. The minimum atomic E-state index is -2.92. The van der Waals surface area contributed by atoms with Gasteiger partial charge in [0.05, 0.1) is 29.0 Å². The SMILES string of the molecule is CCCC(=O)OC[C@H](c1ccc(Cl)c(-n2ncnc2C(F)F)c1)N1C(=O)[C@@](CC(C)(C)C)(c2ccc(-c3cnn(C4CC4)c3)cc2)N=C1N. The fourth-order valence-corrected chi connectivity index (χ4v) is 6.49. The number of esters is 1. The summed E-state index contributed by atoms with van der Waals surface area (Å²) in [5, 5.41) is 8.59. The zero-order valence-electron chi connectivity index (χ0n) is 27.8. The molecular formula is C35H39ClF2N8O3. The monoisotopic (exact) mass is 692 g/mol. The number of amides is 1. The van der Waals surface area contributed by atoms with E-state index in [0.29, 0.717) is 30.0 Å². The Balaban J connectivity index is 1.40. The lowest BCUT2D eigenvalue weighted by Gasteiger charge is -2.35. The number of nitrogens with two attached hydrogens (primary N) is 1. The number of ether oxygens (including phenoxy) is 1. The highest BCUT2D eigenvalue weighted by atomic mass is 35.5. The van der Waals surface area contributed by atoms with Gasteiger partial charge in [0.15, 0.2) is 17.3 Å². The van der Waals surface area contributed by atoms with Crippen LogP contribution in [0.3, 0.4) is 0 Å². The van der Waals surface area contributed by atoms with E-state index in [1.54, 1.807) is 6.07 Å². The number of aromatic nitrogens is 5. The average Bonchev–Trinajstić information content (AvgIpc) is 3.46. The minimum absolute atomic E-state index is 0.0638. The Hall–Kier alpha value is -4.65. The Morgan fingerprint density at radius 3 is 2.51 bits per heavy atom. The van der Waals surface area contributed by atoms with Gasteiger partial charge in [0.1, 0.15) is 12.9 Å². The van der Waals surface area contributed by atoms with Gasteiger partial charge in [0.25, 0.3) is 12.3 Å². The number of hydrogen-bond acceptors (Lipinski definition) is 8. The fraction of sp³-hybridized carbons (Fsp3) is 0.429. The predicted octanol–water partition coefficient (Wildman–Crippen LogP) is 6.93. The van der Waals surface area contributed by atoms with Gasteiger partial charge in [-0.2, -0.15) is 10.2 Å². The van der Waals surface area contributed by atoms with Crippen molar-refractivity contribution in [2.75, 3.05) is 6.61 Å². The van der Waals surface area contributed by atoms with Crippen LogP contribution in [0.4, 0.5) is 8.78 Å². The smallest absolute Gasteiger partial charge is 0.305 e. The van der Waals surface area contributed by atoms with Crippen LogP contribution in [0.2, 0.25) is 5.02 Å². The second-order valence-electron chi connectivity index (χ2n) is 13.8. The van der Waals surface area contributed by atoms with Crippen molar-refractivity contribution in [2.24, 2.45) is 16.1 Å². The summed E-state index contributed by atoms with van der Waals surface area (Å²) in [7, 11) is 0. The topological polar surface area (TPSA) is 134 Å². The molecule has 1 amide bonds. The first-order valence-electron chi connectivity index (χ1n) is 16.3. The van der Waals surface area contributed by atoms with Crippen LogP contribution < -0.4 is 5.73 Å². The lowest BCUT2D eigenvalue weighted by atomic mass is 9.75. The molecule has 2 aliphatic rings. The maximum Gasteiger partial charge on any atom is 0.305 e. The van der Waals surface area contributed by atoms with Crippen LogP contribution in [-0.2, 0) is 19.9 Å². The highest BCUT2D eigenvalue weighted by molar-refractivity contribution is 6.32. The van der Waals surface area contributed by atoms with Crippen LogP contribution in [0.25, 0.3) is 16.8 Å². The number of aliphatic imine (C=N–C) groups is 1. The Morgan fingerprint density at radius 1 is 1.12 bits per heavy atom. The molecule has 0 bridgehead atoms. The van der Waals surface area contributed by atoms with Crippen molar-refractivity contribution in [2.45, 2.75) is 83.8 Å². The van der Waals surface area contributed by atoms with Gasteiger partial charge in [-0.05, 0) is 59.9 Å². The van der Waals surface area contributed by atoms with E-state index in [1.165, 1.54) is 17.0 Å². The normalized spacial score (nSPS) is 18.7. The Bertz CT molecular complexity index is 1880. The van der Waals surface area contributed by atoms with E-state index < -0.39 is 35.7 Å². The summed E-state index contributed by atoms with van der Waals surface area (Å²) < 4.78 is 36.2. The molecule has 11 nitrogen and oxygen atoms in total. The first-order chi connectivity index (χ1) is 23.3. The molecule has 2 atom stereocenters. The second kappa shape index (κ2) is 13.3. The lowest BCUT2D eigenvalue weighted by molar-refractivity contribution is -0.147. The maximum absolute atomic E-state index is 14.9. The van der Waals surface area contributed by atoms with Crippen molar-refractivity contribution < 1.29 is 23.1 Å². The second-order valence-corrected chi connectivity index (χ2v) is 14.2. The van der Waals surface area contributed by atoms with Gasteiger partial charge < -0.3 is 10.5 Å². The molecule has 0 saturated heterocycles. The van der Waals surface area contributed by atoms with Crippen molar-refractivity contribution in [1.29, 1.82) is 0 Å². The van der Waals surface area contributed by atoms with Crippen LogP contribution >= 0.6 is 11.6 Å². The highest BCUT2D eigenvalue weighted by Gasteiger charge is 2.53. The molecule has 1 saturated carbocycles. The molecule has 6 rings (SSSR count). The molecule has 1 aliphatic carbocycles. The Morgan fingerprint density at radius 2 is 1.86 bits per heavy atom. The van der Waals surface area contributed by atoms with Gasteiger partial charge in [0.2, 0.25) is 0 Å². The number of rotatable bonds is 12. The molecule has 1 fully saturated rings.